The van der Waals surface area contributed by atoms with E-state index in [2.05, 4.69) is 24.0 Å². The molecule has 8 heteroatoms. The third kappa shape index (κ3) is 3.94. The third-order valence-corrected chi connectivity index (χ3v) is 5.45. The lowest BCUT2D eigenvalue weighted by molar-refractivity contribution is -0.384. The first kappa shape index (κ1) is 19.4. The Balaban J connectivity index is 1.51. The Labute approximate surface area is 167 Å². The fourth-order valence-corrected chi connectivity index (χ4v) is 3.98. The Morgan fingerprint density at radius 3 is 2.69 bits per heavy atom. The van der Waals surface area contributed by atoms with Crippen LogP contribution in [-0.2, 0) is 11.3 Å². The number of hydrogen-bond acceptors (Lipinski definition) is 6. The molecule has 0 aliphatic carbocycles. The summed E-state index contributed by atoms with van der Waals surface area (Å²) < 4.78 is 12.5. The van der Waals surface area contributed by atoms with E-state index in [4.69, 9.17) is 9.15 Å². The van der Waals surface area contributed by atoms with Crippen LogP contribution in [0.15, 0.2) is 57.7 Å². The summed E-state index contributed by atoms with van der Waals surface area (Å²) in [6.07, 6.45) is 0.713. The molecule has 3 aromatic rings. The van der Waals surface area contributed by atoms with E-state index in [1.165, 1.54) is 28.3 Å². The van der Waals surface area contributed by atoms with Gasteiger partial charge in [0.25, 0.3) is 5.69 Å². The molecule has 0 bridgehead atoms. The van der Waals surface area contributed by atoms with Crippen LogP contribution in [0.5, 0.6) is 0 Å². The van der Waals surface area contributed by atoms with Crippen molar-refractivity contribution in [3.05, 3.63) is 74.8 Å². The number of hydrogen-bond donors (Lipinski definition) is 0. The first-order valence-corrected chi connectivity index (χ1v) is 9.71. The van der Waals surface area contributed by atoms with Crippen molar-refractivity contribution in [1.82, 2.24) is 9.47 Å². The maximum absolute atomic E-state index is 12.2. The first-order valence-electron chi connectivity index (χ1n) is 9.71. The number of fused-ring (bicyclic) bond motifs is 1. The molecule has 0 radical (unpaired) electrons. The van der Waals surface area contributed by atoms with Gasteiger partial charge in [-0.1, -0.05) is 30.3 Å². The molecule has 29 heavy (non-hydrogen) atoms. The van der Waals surface area contributed by atoms with Crippen LogP contribution in [-0.4, -0.2) is 40.2 Å². The Hall–Kier alpha value is -2.97. The van der Waals surface area contributed by atoms with Crippen LogP contribution in [0, 0.1) is 10.1 Å². The molecule has 8 nitrogen and oxygen atoms in total. The third-order valence-electron chi connectivity index (χ3n) is 5.45. The van der Waals surface area contributed by atoms with E-state index < -0.39 is 10.7 Å². The fraction of sp³-hybridized carbons (Fsp3) is 0.381. The zero-order chi connectivity index (χ0) is 20.4. The highest BCUT2D eigenvalue weighted by Gasteiger charge is 2.29. The van der Waals surface area contributed by atoms with Gasteiger partial charge in [-0.15, -0.1) is 0 Å². The molecule has 2 heterocycles. The second-order valence-corrected chi connectivity index (χ2v) is 7.33. The highest BCUT2D eigenvalue weighted by Crippen LogP contribution is 2.27. The zero-order valence-electron chi connectivity index (χ0n) is 16.2. The van der Waals surface area contributed by atoms with Gasteiger partial charge in [0, 0.05) is 31.3 Å². The van der Waals surface area contributed by atoms with E-state index in [-0.39, 0.29) is 17.8 Å². The van der Waals surface area contributed by atoms with Gasteiger partial charge in [-0.2, -0.15) is 0 Å². The molecule has 0 spiro atoms. The second kappa shape index (κ2) is 8.18. The van der Waals surface area contributed by atoms with Gasteiger partial charge in [0.2, 0.25) is 0 Å². The van der Waals surface area contributed by atoms with Crippen LogP contribution in [0.3, 0.4) is 0 Å². The summed E-state index contributed by atoms with van der Waals surface area (Å²) in [5.74, 6) is -0.491. The van der Waals surface area contributed by atoms with Gasteiger partial charge in [-0.05, 0) is 25.0 Å². The quantitative estimate of drug-likeness (QED) is 0.468. The van der Waals surface area contributed by atoms with Gasteiger partial charge in [0.05, 0.1) is 29.7 Å². The summed E-state index contributed by atoms with van der Waals surface area (Å²) in [5.41, 5.74) is 1.97. The van der Waals surface area contributed by atoms with Crippen molar-refractivity contribution in [2.75, 3.05) is 19.8 Å². The van der Waals surface area contributed by atoms with E-state index in [0.717, 1.165) is 6.54 Å². The maximum Gasteiger partial charge on any atom is 0.419 e. The number of morpholine rings is 1. The van der Waals surface area contributed by atoms with Gasteiger partial charge in [-0.3, -0.25) is 19.6 Å². The number of nitro benzene ring substituents is 1. The monoisotopic (exact) mass is 397 g/mol. The highest BCUT2D eigenvalue weighted by atomic mass is 16.6. The Bertz CT molecular complexity index is 1060. The number of non-ortho nitro benzene ring substituents is 1. The van der Waals surface area contributed by atoms with E-state index in [9.17, 15) is 14.9 Å². The van der Waals surface area contributed by atoms with E-state index in [1.807, 2.05) is 18.2 Å². The van der Waals surface area contributed by atoms with Crippen LogP contribution in [0.1, 0.15) is 24.9 Å². The summed E-state index contributed by atoms with van der Waals surface area (Å²) >= 11 is 0. The highest BCUT2D eigenvalue weighted by molar-refractivity contribution is 5.75. The van der Waals surface area contributed by atoms with Gasteiger partial charge in [-0.25, -0.2) is 4.79 Å². The number of aromatic nitrogens is 1. The Morgan fingerprint density at radius 1 is 1.14 bits per heavy atom. The summed E-state index contributed by atoms with van der Waals surface area (Å²) in [6.45, 7) is 4.65. The largest absolute Gasteiger partial charge is 0.419 e. The van der Waals surface area contributed by atoms with Crippen LogP contribution in [0.4, 0.5) is 5.69 Å². The molecule has 2 atom stereocenters. The molecule has 1 aliphatic heterocycles. The van der Waals surface area contributed by atoms with E-state index >= 15 is 0 Å². The summed E-state index contributed by atoms with van der Waals surface area (Å²) in [7, 11) is 0. The van der Waals surface area contributed by atoms with Crippen molar-refractivity contribution in [3.8, 4) is 0 Å². The van der Waals surface area contributed by atoms with Gasteiger partial charge in [0.15, 0.2) is 5.58 Å². The van der Waals surface area contributed by atoms with Crippen LogP contribution in [0.25, 0.3) is 11.1 Å². The molecule has 1 aromatic heterocycles. The molecule has 4 rings (SSSR count). The molecule has 152 valence electrons. The molecule has 1 saturated heterocycles. The fourth-order valence-electron chi connectivity index (χ4n) is 3.98. The number of rotatable bonds is 6. The molecule has 0 saturated carbocycles. The molecular formula is C21H23N3O5. The van der Waals surface area contributed by atoms with Gasteiger partial charge >= 0.3 is 5.76 Å². The minimum atomic E-state index is -0.491. The van der Waals surface area contributed by atoms with Crippen LogP contribution >= 0.6 is 0 Å². The number of nitro groups is 1. The van der Waals surface area contributed by atoms with Crippen molar-refractivity contribution >= 4 is 16.8 Å². The van der Waals surface area contributed by atoms with Crippen molar-refractivity contribution in [2.45, 2.75) is 32.0 Å². The molecule has 2 aromatic carbocycles. The maximum atomic E-state index is 12.2. The number of aryl methyl sites for hydroxylation is 1. The molecule has 0 N–H and O–H groups in total. The summed E-state index contributed by atoms with van der Waals surface area (Å²) in [6, 6.07) is 14.9. The number of oxazole rings is 1. The van der Waals surface area contributed by atoms with Crippen molar-refractivity contribution in [2.24, 2.45) is 0 Å². The van der Waals surface area contributed by atoms with Gasteiger partial charge < -0.3 is 9.15 Å². The van der Waals surface area contributed by atoms with Crippen LogP contribution in [0.2, 0.25) is 0 Å². The topological polar surface area (TPSA) is 90.8 Å². The molecule has 0 amide bonds. The first-order chi connectivity index (χ1) is 14.0. The lowest BCUT2D eigenvalue weighted by atomic mass is 10.0. The lowest BCUT2D eigenvalue weighted by Gasteiger charge is -2.40. The number of benzene rings is 2. The SMILES string of the molecule is CC1COCC(c2ccccc2)N1CCCn1c(=O)oc2ccc([N+](=O)[O-])cc21. The number of ether oxygens (including phenoxy) is 1. The smallest absolute Gasteiger partial charge is 0.408 e. The Kier molecular flexibility index (Phi) is 5.46. The van der Waals surface area contributed by atoms with E-state index in [0.29, 0.717) is 37.3 Å². The van der Waals surface area contributed by atoms with Gasteiger partial charge in [0.1, 0.15) is 0 Å². The predicted molar refractivity (Wildman–Crippen MR) is 108 cm³/mol. The molecular weight excluding hydrogens is 374 g/mol. The minimum absolute atomic E-state index is 0.0574. The van der Waals surface area contributed by atoms with Crippen molar-refractivity contribution < 1.29 is 14.1 Å². The Morgan fingerprint density at radius 2 is 1.93 bits per heavy atom. The minimum Gasteiger partial charge on any atom is -0.408 e. The summed E-state index contributed by atoms with van der Waals surface area (Å²) in [4.78, 5) is 25.2. The molecule has 1 aliphatic rings. The standard InChI is InChI=1S/C21H23N3O5/c1-15-13-28-14-19(16-6-3-2-4-7-16)22(15)10-5-11-23-18-12-17(24(26)27)8-9-20(18)29-21(23)25/h2-4,6-9,12,15,19H,5,10-11,13-14H2,1H3. The average Bonchev–Trinajstić information content (AvgIpc) is 3.04. The lowest BCUT2D eigenvalue weighted by Crippen LogP contribution is -2.46. The van der Waals surface area contributed by atoms with Crippen molar-refractivity contribution in [1.29, 1.82) is 0 Å². The zero-order valence-corrected chi connectivity index (χ0v) is 16.2. The second-order valence-electron chi connectivity index (χ2n) is 7.33. The number of nitrogens with zero attached hydrogens (tertiary/aromatic N) is 3. The average molecular weight is 397 g/mol. The molecule has 1 fully saturated rings. The van der Waals surface area contributed by atoms with E-state index in [1.54, 1.807) is 0 Å². The predicted octanol–water partition coefficient (Wildman–Crippen LogP) is 3.35. The molecule has 2 unspecified atom stereocenters. The van der Waals surface area contributed by atoms with Crippen LogP contribution < -0.4 is 5.76 Å². The summed E-state index contributed by atoms with van der Waals surface area (Å²) in [5, 5.41) is 11.1. The van der Waals surface area contributed by atoms with Crippen molar-refractivity contribution in [3.63, 3.8) is 0 Å². The normalized spacial score (nSPS) is 20.2.